The van der Waals surface area contributed by atoms with Crippen molar-refractivity contribution >= 4 is 21.4 Å². The molecule has 0 fully saturated rings. The minimum atomic E-state index is -0.327. The Kier molecular flexibility index (Phi) is 3.50. The van der Waals surface area contributed by atoms with E-state index in [0.717, 1.165) is 11.1 Å². The third-order valence-electron chi connectivity index (χ3n) is 3.21. The monoisotopic (exact) mass is 334 g/mol. The van der Waals surface area contributed by atoms with Gasteiger partial charge in [0.25, 0.3) is 0 Å². The highest BCUT2D eigenvalue weighted by molar-refractivity contribution is 9.10. The van der Waals surface area contributed by atoms with Crippen molar-refractivity contribution in [3.63, 3.8) is 0 Å². The van der Waals surface area contributed by atoms with Crippen LogP contribution in [-0.2, 0) is 6.42 Å². The fraction of sp³-hybridized carbons (Fsp3) is 0.143. The SMILES string of the molecule is NC(Cc1ccc(Br)cc1F)c1cnn2ccncc12. The second-order valence-electron chi connectivity index (χ2n) is 4.55. The predicted molar refractivity (Wildman–Crippen MR) is 77.7 cm³/mol. The summed E-state index contributed by atoms with van der Waals surface area (Å²) in [5.41, 5.74) is 8.48. The minimum absolute atomic E-state index is 0.260. The first-order valence-electron chi connectivity index (χ1n) is 6.12. The highest BCUT2D eigenvalue weighted by Crippen LogP contribution is 2.23. The molecule has 0 saturated carbocycles. The van der Waals surface area contributed by atoms with Gasteiger partial charge in [-0.25, -0.2) is 8.91 Å². The van der Waals surface area contributed by atoms with Gasteiger partial charge in [0.2, 0.25) is 0 Å². The van der Waals surface area contributed by atoms with Crippen LogP contribution in [0.15, 0.2) is 47.5 Å². The summed E-state index contributed by atoms with van der Waals surface area (Å²) in [5.74, 6) is -0.260. The van der Waals surface area contributed by atoms with E-state index in [9.17, 15) is 4.39 Å². The van der Waals surface area contributed by atoms with E-state index < -0.39 is 0 Å². The van der Waals surface area contributed by atoms with Crippen molar-refractivity contribution in [3.05, 3.63) is 64.4 Å². The van der Waals surface area contributed by atoms with Gasteiger partial charge >= 0.3 is 0 Å². The van der Waals surface area contributed by atoms with Gasteiger partial charge in [-0.3, -0.25) is 4.98 Å². The molecule has 1 atom stereocenters. The van der Waals surface area contributed by atoms with E-state index in [1.54, 1.807) is 35.4 Å². The van der Waals surface area contributed by atoms with Crippen LogP contribution in [0.1, 0.15) is 17.2 Å². The fourth-order valence-corrected chi connectivity index (χ4v) is 2.51. The van der Waals surface area contributed by atoms with Gasteiger partial charge in [-0.2, -0.15) is 5.10 Å². The van der Waals surface area contributed by atoms with Crippen molar-refractivity contribution in [2.75, 3.05) is 0 Å². The van der Waals surface area contributed by atoms with Crippen molar-refractivity contribution in [2.45, 2.75) is 12.5 Å². The molecule has 3 aromatic rings. The van der Waals surface area contributed by atoms with E-state index in [4.69, 9.17) is 5.73 Å². The Balaban J connectivity index is 1.91. The molecular weight excluding hydrogens is 323 g/mol. The molecule has 0 amide bonds. The Morgan fingerprint density at radius 3 is 3.00 bits per heavy atom. The van der Waals surface area contributed by atoms with Crippen LogP contribution in [-0.4, -0.2) is 14.6 Å². The fourth-order valence-electron chi connectivity index (χ4n) is 2.17. The summed E-state index contributed by atoms with van der Waals surface area (Å²) in [7, 11) is 0. The van der Waals surface area contributed by atoms with Gasteiger partial charge in [-0.05, 0) is 24.1 Å². The highest BCUT2D eigenvalue weighted by Gasteiger charge is 2.15. The van der Waals surface area contributed by atoms with Crippen LogP contribution in [0.3, 0.4) is 0 Å². The van der Waals surface area contributed by atoms with E-state index in [-0.39, 0.29) is 11.9 Å². The summed E-state index contributed by atoms with van der Waals surface area (Å²) in [4.78, 5) is 4.07. The maximum atomic E-state index is 13.8. The molecule has 0 radical (unpaired) electrons. The lowest BCUT2D eigenvalue weighted by atomic mass is 10.0. The quantitative estimate of drug-likeness (QED) is 0.801. The number of rotatable bonds is 3. The molecule has 0 aliphatic heterocycles. The number of hydrogen-bond acceptors (Lipinski definition) is 3. The Morgan fingerprint density at radius 2 is 2.20 bits per heavy atom. The average molecular weight is 335 g/mol. The Hall–Kier alpha value is -1.79. The molecule has 6 heteroatoms. The largest absolute Gasteiger partial charge is 0.324 e. The van der Waals surface area contributed by atoms with Gasteiger partial charge in [0, 0.05) is 28.5 Å². The van der Waals surface area contributed by atoms with Crippen LogP contribution in [0, 0.1) is 5.82 Å². The van der Waals surface area contributed by atoms with Crippen LogP contribution in [0.4, 0.5) is 4.39 Å². The molecule has 0 bridgehead atoms. The van der Waals surface area contributed by atoms with Crippen molar-refractivity contribution in [1.29, 1.82) is 0 Å². The normalized spacial score (nSPS) is 12.8. The molecule has 2 heterocycles. The summed E-state index contributed by atoms with van der Waals surface area (Å²) in [5, 5.41) is 4.21. The number of benzene rings is 1. The third-order valence-corrected chi connectivity index (χ3v) is 3.70. The van der Waals surface area contributed by atoms with Crippen LogP contribution in [0.5, 0.6) is 0 Å². The Labute approximate surface area is 123 Å². The van der Waals surface area contributed by atoms with Crippen molar-refractivity contribution in [3.8, 4) is 0 Å². The molecule has 1 aromatic carbocycles. The standard InChI is InChI=1S/C14H12BrFN4/c15-10-2-1-9(12(16)6-10)5-13(17)11-7-19-20-4-3-18-8-14(11)20/h1-4,6-8,13H,5,17H2. The van der Waals surface area contributed by atoms with E-state index in [1.807, 2.05) is 6.07 Å². The molecule has 2 N–H and O–H groups in total. The molecule has 102 valence electrons. The van der Waals surface area contributed by atoms with Crippen molar-refractivity contribution in [2.24, 2.45) is 5.73 Å². The smallest absolute Gasteiger partial charge is 0.127 e. The molecule has 3 rings (SSSR count). The second kappa shape index (κ2) is 5.30. The summed E-state index contributed by atoms with van der Waals surface area (Å²) < 4.78 is 16.3. The van der Waals surface area contributed by atoms with Gasteiger partial charge in [0.05, 0.1) is 17.9 Å². The lowest BCUT2D eigenvalue weighted by Gasteiger charge is -2.11. The summed E-state index contributed by atoms with van der Waals surface area (Å²) in [6.07, 6.45) is 7.24. The first kappa shape index (κ1) is 13.2. The maximum Gasteiger partial charge on any atom is 0.127 e. The summed E-state index contributed by atoms with van der Waals surface area (Å²) >= 11 is 3.24. The van der Waals surface area contributed by atoms with E-state index in [1.165, 1.54) is 6.07 Å². The van der Waals surface area contributed by atoms with Gasteiger partial charge in [0.1, 0.15) is 5.82 Å². The van der Waals surface area contributed by atoms with Crippen molar-refractivity contribution < 1.29 is 4.39 Å². The number of halogens is 2. The van der Waals surface area contributed by atoms with Crippen LogP contribution >= 0.6 is 15.9 Å². The van der Waals surface area contributed by atoms with Gasteiger partial charge in [-0.1, -0.05) is 22.0 Å². The molecule has 2 aromatic heterocycles. The first-order valence-corrected chi connectivity index (χ1v) is 6.91. The third kappa shape index (κ3) is 2.44. The first-order chi connectivity index (χ1) is 9.65. The number of aromatic nitrogens is 3. The number of nitrogens with two attached hydrogens (primary N) is 1. The van der Waals surface area contributed by atoms with Gasteiger partial charge < -0.3 is 5.73 Å². The molecule has 0 spiro atoms. The van der Waals surface area contributed by atoms with E-state index in [0.29, 0.717) is 16.5 Å². The number of hydrogen-bond donors (Lipinski definition) is 1. The average Bonchev–Trinajstić information content (AvgIpc) is 2.86. The topological polar surface area (TPSA) is 56.2 Å². The molecule has 1 unspecified atom stereocenters. The van der Waals surface area contributed by atoms with Crippen molar-refractivity contribution in [1.82, 2.24) is 14.6 Å². The lowest BCUT2D eigenvalue weighted by Crippen LogP contribution is -2.14. The van der Waals surface area contributed by atoms with Gasteiger partial charge in [0.15, 0.2) is 0 Å². The lowest BCUT2D eigenvalue weighted by molar-refractivity contribution is 0.593. The summed E-state index contributed by atoms with van der Waals surface area (Å²) in [6.45, 7) is 0. The zero-order chi connectivity index (χ0) is 14.1. The second-order valence-corrected chi connectivity index (χ2v) is 5.47. The minimum Gasteiger partial charge on any atom is -0.324 e. The van der Waals surface area contributed by atoms with Crippen LogP contribution < -0.4 is 5.73 Å². The van der Waals surface area contributed by atoms with Gasteiger partial charge in [-0.15, -0.1) is 0 Å². The van der Waals surface area contributed by atoms with E-state index >= 15 is 0 Å². The number of fused-ring (bicyclic) bond motifs is 1. The van der Waals surface area contributed by atoms with Crippen LogP contribution in [0.2, 0.25) is 0 Å². The molecular formula is C14H12BrFN4. The molecule has 0 saturated heterocycles. The summed E-state index contributed by atoms with van der Waals surface area (Å²) in [6, 6.07) is 4.67. The zero-order valence-corrected chi connectivity index (χ0v) is 12.1. The highest BCUT2D eigenvalue weighted by atomic mass is 79.9. The zero-order valence-electron chi connectivity index (χ0n) is 10.5. The van der Waals surface area contributed by atoms with Crippen LogP contribution in [0.25, 0.3) is 5.52 Å². The predicted octanol–water partition coefficient (Wildman–Crippen LogP) is 2.87. The molecule has 0 aliphatic carbocycles. The molecule has 0 aliphatic rings. The maximum absolute atomic E-state index is 13.8. The Bertz CT molecular complexity index is 756. The molecule has 20 heavy (non-hydrogen) atoms. The molecule has 4 nitrogen and oxygen atoms in total. The Morgan fingerprint density at radius 1 is 1.35 bits per heavy atom. The number of nitrogens with zero attached hydrogens (tertiary/aromatic N) is 3. The van der Waals surface area contributed by atoms with E-state index in [2.05, 4.69) is 26.0 Å².